The van der Waals surface area contributed by atoms with Crippen molar-refractivity contribution in [3.8, 4) is 11.4 Å². The number of hydrogen-bond acceptors (Lipinski definition) is 4. The molecule has 0 saturated carbocycles. The molecule has 0 spiro atoms. The van der Waals surface area contributed by atoms with Crippen LogP contribution in [0.25, 0.3) is 11.4 Å². The Morgan fingerprint density at radius 1 is 1.14 bits per heavy atom. The van der Waals surface area contributed by atoms with E-state index in [0.29, 0.717) is 17.3 Å². The lowest BCUT2D eigenvalue weighted by Crippen LogP contribution is -2.28. The van der Waals surface area contributed by atoms with Gasteiger partial charge < -0.3 is 10.2 Å². The van der Waals surface area contributed by atoms with Gasteiger partial charge in [-0.1, -0.05) is 0 Å². The molecule has 1 aromatic carbocycles. The Morgan fingerprint density at radius 3 is 2.86 bits per heavy atom. The number of hydrogen-bond donors (Lipinski definition) is 2. The molecule has 112 valence electrons. The number of nitrogens with one attached hydrogen (secondary N) is 2. The van der Waals surface area contributed by atoms with E-state index in [-0.39, 0.29) is 5.56 Å². The molecule has 2 aromatic rings. The summed E-state index contributed by atoms with van der Waals surface area (Å²) in [5, 5.41) is 10.2. The number of aromatic amines is 1. The molecule has 1 fully saturated rings. The molecule has 1 aliphatic heterocycles. The van der Waals surface area contributed by atoms with E-state index in [1.54, 1.807) is 6.92 Å². The van der Waals surface area contributed by atoms with E-state index in [9.17, 15) is 8.78 Å². The molecule has 2 heterocycles. The third kappa shape index (κ3) is 2.87. The quantitative estimate of drug-likeness (QED) is 0.887. The fourth-order valence-electron chi connectivity index (χ4n) is 2.40. The molecule has 21 heavy (non-hydrogen) atoms. The number of benzene rings is 1. The summed E-state index contributed by atoms with van der Waals surface area (Å²) in [6.45, 7) is 5.10. The minimum Gasteiger partial charge on any atom is -0.338 e. The zero-order valence-corrected chi connectivity index (χ0v) is 11.8. The van der Waals surface area contributed by atoms with E-state index >= 15 is 0 Å². The summed E-state index contributed by atoms with van der Waals surface area (Å²) in [6, 6.07) is 2.32. The molecule has 2 N–H and O–H groups in total. The summed E-state index contributed by atoms with van der Waals surface area (Å²) in [7, 11) is 0. The van der Waals surface area contributed by atoms with Gasteiger partial charge in [0, 0.05) is 25.7 Å². The van der Waals surface area contributed by atoms with Crippen LogP contribution in [0, 0.1) is 18.6 Å². The van der Waals surface area contributed by atoms with Crippen molar-refractivity contribution < 1.29 is 8.78 Å². The van der Waals surface area contributed by atoms with Gasteiger partial charge in [-0.3, -0.25) is 5.10 Å². The number of H-pyrrole nitrogens is 1. The highest BCUT2D eigenvalue weighted by molar-refractivity contribution is 5.58. The maximum atomic E-state index is 13.9. The van der Waals surface area contributed by atoms with E-state index in [0.717, 1.165) is 38.7 Å². The Balaban J connectivity index is 1.89. The Morgan fingerprint density at radius 2 is 2.00 bits per heavy atom. The summed E-state index contributed by atoms with van der Waals surface area (Å²) in [5.74, 6) is -0.328. The highest BCUT2D eigenvalue weighted by Gasteiger charge is 2.17. The Labute approximate surface area is 121 Å². The van der Waals surface area contributed by atoms with Gasteiger partial charge in [-0.2, -0.15) is 4.98 Å². The van der Waals surface area contributed by atoms with Crippen molar-refractivity contribution in [2.45, 2.75) is 13.3 Å². The van der Waals surface area contributed by atoms with Crippen LogP contribution in [0.15, 0.2) is 12.1 Å². The van der Waals surface area contributed by atoms with Crippen molar-refractivity contribution in [3.05, 3.63) is 29.3 Å². The van der Waals surface area contributed by atoms with E-state index in [4.69, 9.17) is 0 Å². The van der Waals surface area contributed by atoms with Crippen molar-refractivity contribution in [2.75, 3.05) is 31.1 Å². The van der Waals surface area contributed by atoms with E-state index in [2.05, 4.69) is 20.5 Å². The fourth-order valence-corrected chi connectivity index (χ4v) is 2.40. The van der Waals surface area contributed by atoms with Gasteiger partial charge in [-0.25, -0.2) is 8.78 Å². The Hall–Kier alpha value is -2.02. The van der Waals surface area contributed by atoms with Gasteiger partial charge in [0.05, 0.1) is 5.56 Å². The van der Waals surface area contributed by atoms with Crippen LogP contribution in [0.3, 0.4) is 0 Å². The van der Waals surface area contributed by atoms with Crippen LogP contribution in [0.2, 0.25) is 0 Å². The molecule has 3 rings (SSSR count). The molecular weight excluding hydrogens is 276 g/mol. The van der Waals surface area contributed by atoms with Crippen LogP contribution in [0.5, 0.6) is 0 Å². The fraction of sp³-hybridized carbons (Fsp3) is 0.429. The van der Waals surface area contributed by atoms with E-state index in [1.165, 1.54) is 6.07 Å². The number of halogens is 2. The van der Waals surface area contributed by atoms with Gasteiger partial charge in [0.1, 0.15) is 11.6 Å². The number of rotatable bonds is 2. The summed E-state index contributed by atoms with van der Waals surface area (Å²) >= 11 is 0. The first-order chi connectivity index (χ1) is 10.1. The molecule has 0 unspecified atom stereocenters. The molecule has 0 bridgehead atoms. The lowest BCUT2D eigenvalue weighted by atomic mass is 10.1. The first kappa shape index (κ1) is 13.9. The maximum absolute atomic E-state index is 13.9. The SMILES string of the molecule is Cc1cc(-c2nc(N3CCCNCC3)n[nH]2)c(F)cc1F. The van der Waals surface area contributed by atoms with Crippen LogP contribution in [-0.4, -0.2) is 41.4 Å². The van der Waals surface area contributed by atoms with Gasteiger partial charge in [-0.05, 0) is 31.5 Å². The third-order valence-electron chi connectivity index (χ3n) is 3.60. The standard InChI is InChI=1S/C14H17F2N5/c1-9-7-10(12(16)8-11(9)15)13-18-14(20-19-13)21-5-2-3-17-4-6-21/h7-8,17H,2-6H2,1H3,(H,18,19,20). The van der Waals surface area contributed by atoms with Crippen LogP contribution < -0.4 is 10.2 Å². The number of aromatic nitrogens is 3. The van der Waals surface area contributed by atoms with Crippen molar-refractivity contribution in [3.63, 3.8) is 0 Å². The normalized spacial score (nSPS) is 16.0. The van der Waals surface area contributed by atoms with E-state index < -0.39 is 11.6 Å². The van der Waals surface area contributed by atoms with Crippen molar-refractivity contribution in [2.24, 2.45) is 0 Å². The minimum atomic E-state index is -0.640. The number of aryl methyl sites for hydroxylation is 1. The average molecular weight is 293 g/mol. The van der Waals surface area contributed by atoms with E-state index in [1.807, 2.05) is 4.90 Å². The summed E-state index contributed by atoms with van der Waals surface area (Å²) < 4.78 is 27.2. The molecule has 1 aromatic heterocycles. The average Bonchev–Trinajstić information content (AvgIpc) is 2.78. The zero-order chi connectivity index (χ0) is 14.8. The first-order valence-corrected chi connectivity index (χ1v) is 6.99. The second-order valence-electron chi connectivity index (χ2n) is 5.16. The molecule has 5 nitrogen and oxygen atoms in total. The lowest BCUT2D eigenvalue weighted by molar-refractivity contribution is 0.579. The maximum Gasteiger partial charge on any atom is 0.245 e. The van der Waals surface area contributed by atoms with Gasteiger partial charge in [-0.15, -0.1) is 5.10 Å². The Kier molecular flexibility index (Phi) is 3.83. The largest absolute Gasteiger partial charge is 0.338 e. The van der Waals surface area contributed by atoms with Crippen LogP contribution >= 0.6 is 0 Å². The van der Waals surface area contributed by atoms with Crippen LogP contribution in [0.1, 0.15) is 12.0 Å². The van der Waals surface area contributed by atoms with Crippen molar-refractivity contribution >= 4 is 5.95 Å². The molecule has 7 heteroatoms. The van der Waals surface area contributed by atoms with Crippen LogP contribution in [0.4, 0.5) is 14.7 Å². The molecular formula is C14H17F2N5. The minimum absolute atomic E-state index is 0.237. The molecule has 0 radical (unpaired) electrons. The summed E-state index contributed by atoms with van der Waals surface area (Å²) in [5.41, 5.74) is 0.615. The van der Waals surface area contributed by atoms with Crippen molar-refractivity contribution in [1.29, 1.82) is 0 Å². The first-order valence-electron chi connectivity index (χ1n) is 6.99. The number of anilines is 1. The second kappa shape index (κ2) is 5.77. The molecule has 1 saturated heterocycles. The third-order valence-corrected chi connectivity index (χ3v) is 3.60. The van der Waals surface area contributed by atoms with Crippen molar-refractivity contribution in [1.82, 2.24) is 20.5 Å². The second-order valence-corrected chi connectivity index (χ2v) is 5.16. The van der Waals surface area contributed by atoms with Crippen LogP contribution in [-0.2, 0) is 0 Å². The highest BCUT2D eigenvalue weighted by atomic mass is 19.1. The molecule has 0 aliphatic carbocycles. The topological polar surface area (TPSA) is 56.8 Å². The Bertz CT molecular complexity index is 632. The van der Waals surface area contributed by atoms with Gasteiger partial charge in [0.2, 0.25) is 5.95 Å². The molecule has 0 amide bonds. The van der Waals surface area contributed by atoms with Gasteiger partial charge in [0.25, 0.3) is 0 Å². The summed E-state index contributed by atoms with van der Waals surface area (Å²) in [6.07, 6.45) is 1.01. The smallest absolute Gasteiger partial charge is 0.245 e. The molecule has 1 aliphatic rings. The monoisotopic (exact) mass is 293 g/mol. The van der Waals surface area contributed by atoms with Gasteiger partial charge in [0.15, 0.2) is 5.82 Å². The zero-order valence-electron chi connectivity index (χ0n) is 11.8. The predicted molar refractivity (Wildman–Crippen MR) is 76.2 cm³/mol. The number of nitrogens with zero attached hydrogens (tertiary/aromatic N) is 3. The highest BCUT2D eigenvalue weighted by Crippen LogP contribution is 2.24. The lowest BCUT2D eigenvalue weighted by Gasteiger charge is -2.16. The predicted octanol–water partition coefficient (Wildman–Crippen LogP) is 1.86. The summed E-state index contributed by atoms with van der Waals surface area (Å²) in [4.78, 5) is 6.40. The van der Waals surface area contributed by atoms with Gasteiger partial charge >= 0.3 is 0 Å². The molecule has 0 atom stereocenters.